The van der Waals surface area contributed by atoms with Gasteiger partial charge in [-0.15, -0.1) is 0 Å². The zero-order valence-electron chi connectivity index (χ0n) is 10.0. The number of benzene rings is 1. The highest BCUT2D eigenvalue weighted by atomic mass is 16.3. The van der Waals surface area contributed by atoms with Gasteiger partial charge in [-0.25, -0.2) is 0 Å². The summed E-state index contributed by atoms with van der Waals surface area (Å²) in [5.41, 5.74) is 9.74. The molecule has 0 aliphatic heterocycles. The van der Waals surface area contributed by atoms with Crippen LogP contribution in [0.25, 0.3) is 10.4 Å². The highest BCUT2D eigenvalue weighted by molar-refractivity contribution is 5.77. The number of aliphatic hydroxyl groups is 2. The van der Waals surface area contributed by atoms with Gasteiger partial charge in [-0.1, -0.05) is 28.9 Å². The molecule has 0 aromatic heterocycles. The number of hydrogen-bond acceptors (Lipinski definition) is 4. The average Bonchev–Trinajstić information content (AvgIpc) is 2.38. The van der Waals surface area contributed by atoms with Crippen LogP contribution in [0.15, 0.2) is 23.3 Å². The van der Waals surface area contributed by atoms with Crippen LogP contribution in [0.3, 0.4) is 0 Å². The summed E-state index contributed by atoms with van der Waals surface area (Å²) in [5.74, 6) is 0. The van der Waals surface area contributed by atoms with E-state index in [4.69, 9.17) is 5.53 Å². The van der Waals surface area contributed by atoms with Crippen LogP contribution in [0.4, 0.5) is 0 Å². The Balaban J connectivity index is 2.87. The van der Waals surface area contributed by atoms with Crippen molar-refractivity contribution in [1.29, 1.82) is 0 Å². The monoisotopic (exact) mass is 249 g/mol. The molecule has 0 aliphatic carbocycles. The van der Waals surface area contributed by atoms with Crippen LogP contribution in [0.1, 0.15) is 34.0 Å². The Morgan fingerprint density at radius 3 is 2.83 bits per heavy atom. The van der Waals surface area contributed by atoms with Crippen molar-refractivity contribution in [2.45, 2.75) is 25.6 Å². The van der Waals surface area contributed by atoms with E-state index in [1.165, 1.54) is 0 Å². The van der Waals surface area contributed by atoms with Crippen LogP contribution in [0.2, 0.25) is 0 Å². The molecule has 0 saturated carbocycles. The van der Waals surface area contributed by atoms with Crippen LogP contribution < -0.4 is 0 Å². The summed E-state index contributed by atoms with van der Waals surface area (Å²) in [4.78, 5) is 13.4. The van der Waals surface area contributed by atoms with Gasteiger partial charge < -0.3 is 10.2 Å². The van der Waals surface area contributed by atoms with Crippen molar-refractivity contribution in [2.75, 3.05) is 6.54 Å². The van der Waals surface area contributed by atoms with E-state index in [-0.39, 0.29) is 13.0 Å². The maximum Gasteiger partial charge on any atom is 0.150 e. The molecule has 96 valence electrons. The second-order valence-corrected chi connectivity index (χ2v) is 4.01. The molecule has 1 aromatic carbocycles. The van der Waals surface area contributed by atoms with Crippen molar-refractivity contribution in [3.05, 3.63) is 45.3 Å². The van der Waals surface area contributed by atoms with Gasteiger partial charge in [-0.05, 0) is 24.4 Å². The molecule has 2 unspecified atom stereocenters. The van der Waals surface area contributed by atoms with Crippen molar-refractivity contribution in [2.24, 2.45) is 5.11 Å². The Morgan fingerprint density at radius 2 is 2.22 bits per heavy atom. The van der Waals surface area contributed by atoms with Crippen LogP contribution in [-0.2, 0) is 0 Å². The van der Waals surface area contributed by atoms with Crippen molar-refractivity contribution in [1.82, 2.24) is 0 Å². The summed E-state index contributed by atoms with van der Waals surface area (Å²) in [6.45, 7) is 1.92. The number of aliphatic hydroxyl groups excluding tert-OH is 2. The summed E-state index contributed by atoms with van der Waals surface area (Å²) < 4.78 is 0. The number of azide groups is 1. The fraction of sp³-hybridized carbons (Fsp3) is 0.417. The largest absolute Gasteiger partial charge is 0.390 e. The van der Waals surface area contributed by atoms with Crippen LogP contribution in [0.5, 0.6) is 0 Å². The molecule has 0 fully saturated rings. The second-order valence-electron chi connectivity index (χ2n) is 4.01. The first-order chi connectivity index (χ1) is 8.60. The van der Waals surface area contributed by atoms with Crippen LogP contribution in [-0.4, -0.2) is 29.1 Å². The third-order valence-corrected chi connectivity index (χ3v) is 2.64. The number of carbonyl (C=O) groups excluding carboxylic acids is 1. The Hall–Kier alpha value is -1.88. The van der Waals surface area contributed by atoms with Gasteiger partial charge in [0, 0.05) is 17.0 Å². The summed E-state index contributed by atoms with van der Waals surface area (Å²) in [6.07, 6.45) is -1.47. The summed E-state index contributed by atoms with van der Waals surface area (Å²) >= 11 is 0. The number of nitrogens with zero attached hydrogens (tertiary/aromatic N) is 3. The Bertz CT molecular complexity index is 470. The molecular weight excluding hydrogens is 234 g/mol. The van der Waals surface area contributed by atoms with E-state index in [2.05, 4.69) is 10.0 Å². The molecule has 18 heavy (non-hydrogen) atoms. The third-order valence-electron chi connectivity index (χ3n) is 2.64. The molecule has 1 aromatic rings. The summed E-state index contributed by atoms with van der Waals surface area (Å²) in [5, 5.41) is 23.0. The minimum Gasteiger partial charge on any atom is -0.390 e. The Kier molecular flexibility index (Phi) is 5.32. The van der Waals surface area contributed by atoms with Crippen molar-refractivity contribution >= 4 is 6.29 Å². The minimum absolute atomic E-state index is 0.0942. The predicted molar refractivity (Wildman–Crippen MR) is 66.2 cm³/mol. The third kappa shape index (κ3) is 3.56. The van der Waals surface area contributed by atoms with Gasteiger partial charge in [0.1, 0.15) is 12.4 Å². The van der Waals surface area contributed by atoms with Gasteiger partial charge in [0.15, 0.2) is 0 Å². The summed E-state index contributed by atoms with van der Waals surface area (Å²) in [6, 6.07) is 5.01. The quantitative estimate of drug-likeness (QED) is 0.348. The molecule has 6 heteroatoms. The van der Waals surface area contributed by atoms with E-state index < -0.39 is 12.2 Å². The zero-order valence-corrected chi connectivity index (χ0v) is 10.0. The zero-order chi connectivity index (χ0) is 13.5. The van der Waals surface area contributed by atoms with Crippen LogP contribution in [0, 0.1) is 6.92 Å². The van der Waals surface area contributed by atoms with Crippen LogP contribution >= 0.6 is 0 Å². The minimum atomic E-state index is -1.17. The SMILES string of the molecule is Cc1ccc(C=O)c(C(O)C(O)CCN=[N+]=[N-])c1. The van der Waals surface area contributed by atoms with Gasteiger partial charge in [0.05, 0.1) is 6.10 Å². The van der Waals surface area contributed by atoms with E-state index >= 15 is 0 Å². The van der Waals surface area contributed by atoms with Gasteiger partial charge in [-0.2, -0.15) is 0 Å². The highest BCUT2D eigenvalue weighted by Crippen LogP contribution is 2.23. The van der Waals surface area contributed by atoms with E-state index in [0.29, 0.717) is 17.4 Å². The molecule has 0 saturated heterocycles. The average molecular weight is 249 g/mol. The normalized spacial score (nSPS) is 13.5. The molecule has 0 aliphatic rings. The summed E-state index contributed by atoms with van der Waals surface area (Å²) in [7, 11) is 0. The molecule has 0 spiro atoms. The lowest BCUT2D eigenvalue weighted by Crippen LogP contribution is -2.20. The Labute approximate surface area is 105 Å². The standard InChI is InChI=1S/C12H15N3O3/c1-8-2-3-9(7-16)10(6-8)12(18)11(17)4-5-14-15-13/h2-3,6-7,11-12,17-18H,4-5H2,1H3. The molecule has 0 heterocycles. The van der Waals surface area contributed by atoms with E-state index in [9.17, 15) is 15.0 Å². The second kappa shape index (κ2) is 6.76. The number of aryl methyl sites for hydroxylation is 1. The number of hydrogen-bond donors (Lipinski definition) is 2. The highest BCUT2D eigenvalue weighted by Gasteiger charge is 2.20. The first-order valence-electron chi connectivity index (χ1n) is 5.53. The van der Waals surface area contributed by atoms with Gasteiger partial charge in [-0.3, -0.25) is 4.79 Å². The molecule has 2 N–H and O–H groups in total. The van der Waals surface area contributed by atoms with Gasteiger partial charge in [0.25, 0.3) is 0 Å². The van der Waals surface area contributed by atoms with E-state index in [1.54, 1.807) is 18.2 Å². The maximum atomic E-state index is 10.9. The predicted octanol–water partition coefficient (Wildman–Crippen LogP) is 1.90. The molecule has 2 atom stereocenters. The first-order valence-corrected chi connectivity index (χ1v) is 5.53. The lowest BCUT2D eigenvalue weighted by Gasteiger charge is -2.19. The molecule has 6 nitrogen and oxygen atoms in total. The van der Waals surface area contributed by atoms with Gasteiger partial charge >= 0.3 is 0 Å². The number of rotatable bonds is 6. The Morgan fingerprint density at radius 1 is 1.50 bits per heavy atom. The topological polar surface area (TPSA) is 106 Å². The molecule has 0 amide bonds. The molecule has 0 bridgehead atoms. The number of aldehydes is 1. The van der Waals surface area contributed by atoms with Crippen molar-refractivity contribution in [3.63, 3.8) is 0 Å². The fourth-order valence-electron chi connectivity index (χ4n) is 1.66. The van der Waals surface area contributed by atoms with Crippen molar-refractivity contribution < 1.29 is 15.0 Å². The smallest absolute Gasteiger partial charge is 0.150 e. The lowest BCUT2D eigenvalue weighted by molar-refractivity contribution is 0.0147. The number of carbonyl (C=O) groups is 1. The fourth-order valence-corrected chi connectivity index (χ4v) is 1.66. The molecule has 0 radical (unpaired) electrons. The lowest BCUT2D eigenvalue weighted by atomic mass is 9.96. The first kappa shape index (κ1) is 14.2. The molecular formula is C12H15N3O3. The maximum absolute atomic E-state index is 10.9. The van der Waals surface area contributed by atoms with Crippen molar-refractivity contribution in [3.8, 4) is 0 Å². The van der Waals surface area contributed by atoms with E-state index in [1.807, 2.05) is 6.92 Å². The molecule has 1 rings (SSSR count). The van der Waals surface area contributed by atoms with Gasteiger partial charge in [0.2, 0.25) is 0 Å². The van der Waals surface area contributed by atoms with E-state index in [0.717, 1.165) is 5.56 Å².